The number of nitrogens with zero attached hydrogens (tertiary/aromatic N) is 4. The summed E-state index contributed by atoms with van der Waals surface area (Å²) in [5, 5.41) is 22.9. The van der Waals surface area contributed by atoms with Crippen molar-refractivity contribution in [2.45, 2.75) is 64.6 Å². The van der Waals surface area contributed by atoms with E-state index in [4.69, 9.17) is 4.74 Å². The largest absolute Gasteiger partial charge is 0.497 e. The summed E-state index contributed by atoms with van der Waals surface area (Å²) in [5.41, 5.74) is 3.11. The third-order valence-corrected chi connectivity index (χ3v) is 9.74. The fourth-order valence-electron chi connectivity index (χ4n) is 4.84. The summed E-state index contributed by atoms with van der Waals surface area (Å²) >= 11 is 2.91. The molecule has 1 aliphatic carbocycles. The van der Waals surface area contributed by atoms with Gasteiger partial charge in [0.05, 0.1) is 18.4 Å². The summed E-state index contributed by atoms with van der Waals surface area (Å²) in [5.74, 6) is 2.23. The van der Waals surface area contributed by atoms with E-state index in [-0.39, 0.29) is 17.1 Å². The molecule has 38 heavy (non-hydrogen) atoms. The molecule has 0 saturated heterocycles. The Balaban J connectivity index is 1.42. The predicted octanol–water partition coefficient (Wildman–Crippen LogP) is 6.27. The topological polar surface area (TPSA) is 92.8 Å². The number of thiophene rings is 1. The van der Waals surface area contributed by atoms with Gasteiger partial charge in [-0.2, -0.15) is 5.26 Å². The average molecular weight is 550 g/mol. The molecule has 200 valence electrons. The van der Waals surface area contributed by atoms with Crippen molar-refractivity contribution in [1.29, 1.82) is 5.26 Å². The van der Waals surface area contributed by atoms with Crippen molar-refractivity contribution in [3.63, 3.8) is 0 Å². The monoisotopic (exact) mass is 549 g/mol. The number of methoxy groups -OCH3 is 1. The lowest BCUT2D eigenvalue weighted by atomic mass is 9.69. The molecule has 1 unspecified atom stereocenters. The Bertz CT molecular complexity index is 1330. The number of amides is 1. The smallest absolute Gasteiger partial charge is 0.235 e. The first-order chi connectivity index (χ1) is 18.3. The zero-order valence-electron chi connectivity index (χ0n) is 22.5. The lowest BCUT2D eigenvalue weighted by molar-refractivity contribution is -0.113. The van der Waals surface area contributed by atoms with Crippen molar-refractivity contribution in [2.24, 2.45) is 11.3 Å². The summed E-state index contributed by atoms with van der Waals surface area (Å²) in [6, 6.07) is 10.2. The van der Waals surface area contributed by atoms with Gasteiger partial charge in [0.2, 0.25) is 5.91 Å². The van der Waals surface area contributed by atoms with Gasteiger partial charge in [0, 0.05) is 17.8 Å². The molecule has 1 N–H and O–H groups in total. The number of carbonyl (C=O) groups excluding carboxylic acids is 1. The maximum absolute atomic E-state index is 12.9. The first kappa shape index (κ1) is 27.9. The first-order valence-electron chi connectivity index (χ1n) is 12.9. The van der Waals surface area contributed by atoms with Crippen LogP contribution in [0.5, 0.6) is 5.75 Å². The number of hydrogen-bond donors (Lipinski definition) is 1. The van der Waals surface area contributed by atoms with E-state index >= 15 is 0 Å². The minimum atomic E-state index is -0.152. The molecule has 0 saturated carbocycles. The van der Waals surface area contributed by atoms with Gasteiger partial charge in [0.1, 0.15) is 22.6 Å². The summed E-state index contributed by atoms with van der Waals surface area (Å²) < 4.78 is 7.22. The van der Waals surface area contributed by atoms with Gasteiger partial charge in [-0.3, -0.25) is 4.79 Å². The number of nitriles is 1. The van der Waals surface area contributed by atoms with Crippen LogP contribution >= 0.6 is 23.1 Å². The van der Waals surface area contributed by atoms with Crippen molar-refractivity contribution >= 4 is 34.0 Å². The summed E-state index contributed by atoms with van der Waals surface area (Å²) in [4.78, 5) is 14.2. The molecule has 1 amide bonds. The van der Waals surface area contributed by atoms with Gasteiger partial charge in [-0.1, -0.05) is 57.2 Å². The molecule has 4 rings (SSSR count). The molecule has 1 aromatic carbocycles. The van der Waals surface area contributed by atoms with Gasteiger partial charge >= 0.3 is 0 Å². The molecule has 0 radical (unpaired) electrons. The Morgan fingerprint density at radius 2 is 2.13 bits per heavy atom. The van der Waals surface area contributed by atoms with Crippen LogP contribution in [0, 0.1) is 22.7 Å². The number of rotatable bonds is 11. The summed E-state index contributed by atoms with van der Waals surface area (Å²) in [6.45, 7) is 11.3. The van der Waals surface area contributed by atoms with Gasteiger partial charge in [0.15, 0.2) is 5.16 Å². The van der Waals surface area contributed by atoms with Crippen molar-refractivity contribution in [3.05, 3.63) is 64.3 Å². The maximum Gasteiger partial charge on any atom is 0.235 e. The van der Waals surface area contributed by atoms with Gasteiger partial charge in [0.25, 0.3) is 0 Å². The molecule has 0 fully saturated rings. The second-order valence-electron chi connectivity index (χ2n) is 10.3. The molecule has 7 nitrogen and oxygen atoms in total. The Morgan fingerprint density at radius 3 is 2.79 bits per heavy atom. The SMILES string of the molecule is C=CCn1c(Cc2ccc(OC)cc2)nnc1SCC(=O)Nc1sc2c(c1C#N)CCC(C(C)(C)CC)C2. The molecule has 0 aliphatic heterocycles. The second kappa shape index (κ2) is 12.2. The normalized spacial score (nSPS) is 15.0. The number of carbonyl (C=O) groups is 1. The van der Waals surface area contributed by atoms with Crippen LogP contribution in [0.15, 0.2) is 42.1 Å². The van der Waals surface area contributed by atoms with Crippen molar-refractivity contribution in [1.82, 2.24) is 14.8 Å². The van der Waals surface area contributed by atoms with Crippen LogP contribution < -0.4 is 10.1 Å². The fraction of sp³-hybridized carbons (Fsp3) is 0.448. The number of thioether (sulfide) groups is 1. The number of aromatic nitrogens is 3. The Hall–Kier alpha value is -3.09. The van der Waals surface area contributed by atoms with E-state index in [0.717, 1.165) is 48.4 Å². The minimum absolute atomic E-state index is 0.152. The number of benzene rings is 1. The lowest BCUT2D eigenvalue weighted by Crippen LogP contribution is -2.28. The van der Waals surface area contributed by atoms with E-state index in [2.05, 4.69) is 48.9 Å². The molecule has 2 heterocycles. The molecule has 0 spiro atoms. The van der Waals surface area contributed by atoms with Crippen LogP contribution in [0.4, 0.5) is 5.00 Å². The molecule has 3 aromatic rings. The number of ether oxygens (including phenoxy) is 1. The Morgan fingerprint density at radius 1 is 1.37 bits per heavy atom. The Labute approximate surface area is 233 Å². The molecule has 2 aromatic heterocycles. The van der Waals surface area contributed by atoms with Gasteiger partial charge in [-0.25, -0.2) is 0 Å². The molecule has 0 bridgehead atoms. The molecule has 1 aliphatic rings. The summed E-state index contributed by atoms with van der Waals surface area (Å²) in [6.07, 6.45) is 6.49. The van der Waals surface area contributed by atoms with Crippen LogP contribution in [0.25, 0.3) is 0 Å². The number of fused-ring (bicyclic) bond motifs is 1. The molecular weight excluding hydrogens is 514 g/mol. The van der Waals surface area contributed by atoms with Crippen molar-refractivity contribution in [3.8, 4) is 11.8 Å². The van der Waals surface area contributed by atoms with Crippen molar-refractivity contribution in [2.75, 3.05) is 18.2 Å². The third-order valence-electron chi connectivity index (χ3n) is 7.61. The molecular formula is C29H35N5O2S2. The lowest BCUT2D eigenvalue weighted by Gasteiger charge is -2.36. The molecule has 1 atom stereocenters. The highest BCUT2D eigenvalue weighted by molar-refractivity contribution is 7.99. The van der Waals surface area contributed by atoms with Crippen LogP contribution in [0.3, 0.4) is 0 Å². The average Bonchev–Trinajstić information content (AvgIpc) is 3.47. The third kappa shape index (κ3) is 6.13. The fourth-order valence-corrected chi connectivity index (χ4v) is 6.90. The zero-order valence-corrected chi connectivity index (χ0v) is 24.2. The quantitative estimate of drug-likeness (QED) is 0.224. The van der Waals surface area contributed by atoms with E-state index in [1.54, 1.807) is 24.5 Å². The summed E-state index contributed by atoms with van der Waals surface area (Å²) in [7, 11) is 1.65. The number of nitrogens with one attached hydrogen (secondary N) is 1. The van der Waals surface area contributed by atoms with Crippen LogP contribution in [-0.2, 0) is 30.6 Å². The van der Waals surface area contributed by atoms with Gasteiger partial charge < -0.3 is 14.6 Å². The highest BCUT2D eigenvalue weighted by Crippen LogP contribution is 2.45. The second-order valence-corrected chi connectivity index (χ2v) is 12.3. The van der Waals surface area contributed by atoms with Gasteiger partial charge in [-0.15, -0.1) is 28.1 Å². The molecule has 9 heteroatoms. The maximum atomic E-state index is 12.9. The Kier molecular flexibility index (Phi) is 8.95. The standard InChI is InChI=1S/C29H35N5O2S2/c1-6-14-34-25(15-19-8-11-21(36-5)12-9-19)32-33-28(34)37-18-26(35)31-27-23(17-30)22-13-10-20(16-24(22)38-27)29(3,4)7-2/h6,8-9,11-12,20H,1,7,10,13-16,18H2,2-5H3,(H,31,35). The zero-order chi connectivity index (χ0) is 27.3. The van der Waals surface area contributed by atoms with Crippen LogP contribution in [-0.4, -0.2) is 33.5 Å². The van der Waals surface area contributed by atoms with Crippen LogP contribution in [0.1, 0.15) is 61.0 Å². The first-order valence-corrected chi connectivity index (χ1v) is 14.7. The minimum Gasteiger partial charge on any atom is -0.497 e. The highest BCUT2D eigenvalue weighted by atomic mass is 32.2. The van der Waals surface area contributed by atoms with E-state index < -0.39 is 0 Å². The van der Waals surface area contributed by atoms with Gasteiger partial charge in [-0.05, 0) is 53.9 Å². The van der Waals surface area contributed by atoms with E-state index in [9.17, 15) is 10.1 Å². The van der Waals surface area contributed by atoms with Crippen LogP contribution in [0.2, 0.25) is 0 Å². The van der Waals surface area contributed by atoms with E-state index in [0.29, 0.717) is 34.6 Å². The van der Waals surface area contributed by atoms with E-state index in [1.165, 1.54) is 16.6 Å². The van der Waals surface area contributed by atoms with Crippen molar-refractivity contribution < 1.29 is 9.53 Å². The van der Waals surface area contributed by atoms with E-state index in [1.807, 2.05) is 28.8 Å². The predicted molar refractivity (Wildman–Crippen MR) is 154 cm³/mol. The number of allylic oxidation sites excluding steroid dienone is 1. The highest BCUT2D eigenvalue weighted by Gasteiger charge is 2.34. The number of anilines is 1. The number of hydrogen-bond acceptors (Lipinski definition) is 7.